The Morgan fingerprint density at radius 2 is 2.15 bits per heavy atom. The predicted molar refractivity (Wildman–Crippen MR) is 82.5 cm³/mol. The fourth-order valence-electron chi connectivity index (χ4n) is 2.40. The van der Waals surface area contributed by atoms with Crippen LogP contribution in [0.15, 0.2) is 18.2 Å². The van der Waals surface area contributed by atoms with Crippen LogP contribution in [0.3, 0.4) is 0 Å². The van der Waals surface area contributed by atoms with E-state index in [0.29, 0.717) is 5.92 Å². The van der Waals surface area contributed by atoms with Crippen LogP contribution in [0.25, 0.3) is 0 Å². The highest BCUT2D eigenvalue weighted by molar-refractivity contribution is 6.31. The quantitative estimate of drug-likeness (QED) is 0.875. The summed E-state index contributed by atoms with van der Waals surface area (Å²) in [6.07, 6.45) is 3.85. The summed E-state index contributed by atoms with van der Waals surface area (Å²) in [5.41, 5.74) is 7.09. The van der Waals surface area contributed by atoms with E-state index in [1.54, 1.807) is 0 Å². The SMILES string of the molecule is CCC(N)Cc1c(Cl)cccc1OCC1CCOCC1. The molecule has 0 spiro atoms. The molecule has 1 unspecified atom stereocenters. The van der Waals surface area contributed by atoms with Crippen molar-refractivity contribution in [2.24, 2.45) is 11.7 Å². The van der Waals surface area contributed by atoms with Crippen molar-refractivity contribution in [1.29, 1.82) is 0 Å². The minimum atomic E-state index is 0.125. The molecule has 20 heavy (non-hydrogen) atoms. The molecule has 0 bridgehead atoms. The minimum absolute atomic E-state index is 0.125. The van der Waals surface area contributed by atoms with E-state index in [0.717, 1.165) is 61.8 Å². The van der Waals surface area contributed by atoms with Gasteiger partial charge in [0.05, 0.1) is 6.61 Å². The average molecular weight is 298 g/mol. The smallest absolute Gasteiger partial charge is 0.124 e. The molecule has 0 amide bonds. The van der Waals surface area contributed by atoms with Gasteiger partial charge in [-0.2, -0.15) is 0 Å². The molecule has 0 aromatic heterocycles. The van der Waals surface area contributed by atoms with Gasteiger partial charge in [-0.25, -0.2) is 0 Å². The minimum Gasteiger partial charge on any atom is -0.493 e. The molecule has 112 valence electrons. The summed E-state index contributed by atoms with van der Waals surface area (Å²) in [6.45, 7) is 4.51. The van der Waals surface area contributed by atoms with E-state index in [1.807, 2.05) is 18.2 Å². The molecule has 1 aromatic rings. The number of ether oxygens (including phenoxy) is 2. The predicted octanol–water partition coefficient (Wildman–Crippen LogP) is 3.43. The van der Waals surface area contributed by atoms with Crippen molar-refractivity contribution in [3.8, 4) is 5.75 Å². The zero-order valence-electron chi connectivity index (χ0n) is 12.1. The summed E-state index contributed by atoms with van der Waals surface area (Å²) < 4.78 is 11.4. The van der Waals surface area contributed by atoms with Gasteiger partial charge in [0.2, 0.25) is 0 Å². The van der Waals surface area contributed by atoms with Gasteiger partial charge < -0.3 is 15.2 Å². The Balaban J connectivity index is 2.00. The Hall–Kier alpha value is -0.770. The maximum atomic E-state index is 6.30. The molecule has 0 radical (unpaired) electrons. The first-order valence-corrected chi connectivity index (χ1v) is 7.82. The molecule has 1 aliphatic heterocycles. The zero-order chi connectivity index (χ0) is 14.4. The summed E-state index contributed by atoms with van der Waals surface area (Å²) in [5.74, 6) is 1.46. The third-order valence-electron chi connectivity index (χ3n) is 3.88. The van der Waals surface area contributed by atoms with Gasteiger partial charge in [-0.1, -0.05) is 24.6 Å². The molecule has 3 nitrogen and oxygen atoms in total. The number of benzene rings is 1. The molecule has 1 fully saturated rings. The highest BCUT2D eigenvalue weighted by Crippen LogP contribution is 2.29. The monoisotopic (exact) mass is 297 g/mol. The number of hydrogen-bond donors (Lipinski definition) is 1. The van der Waals surface area contributed by atoms with Crippen LogP contribution >= 0.6 is 11.6 Å². The van der Waals surface area contributed by atoms with Crippen molar-refractivity contribution < 1.29 is 9.47 Å². The standard InChI is InChI=1S/C16H24ClNO2/c1-2-13(18)10-14-15(17)4-3-5-16(14)20-11-12-6-8-19-9-7-12/h3-5,12-13H,2,6-11,18H2,1H3. The molecule has 0 aliphatic carbocycles. The van der Waals surface area contributed by atoms with Crippen molar-refractivity contribution in [2.75, 3.05) is 19.8 Å². The van der Waals surface area contributed by atoms with E-state index < -0.39 is 0 Å². The van der Waals surface area contributed by atoms with E-state index in [1.165, 1.54) is 0 Å². The second-order valence-electron chi connectivity index (χ2n) is 5.46. The van der Waals surface area contributed by atoms with Crippen molar-refractivity contribution in [3.63, 3.8) is 0 Å². The van der Waals surface area contributed by atoms with E-state index in [9.17, 15) is 0 Å². The highest BCUT2D eigenvalue weighted by Gasteiger charge is 2.16. The zero-order valence-corrected chi connectivity index (χ0v) is 12.9. The molecule has 1 heterocycles. The lowest BCUT2D eigenvalue weighted by molar-refractivity contribution is 0.0496. The topological polar surface area (TPSA) is 44.5 Å². The number of halogens is 1. The second kappa shape index (κ2) is 7.87. The highest BCUT2D eigenvalue weighted by atomic mass is 35.5. The molecule has 1 saturated heterocycles. The molecule has 1 aromatic carbocycles. The second-order valence-corrected chi connectivity index (χ2v) is 5.86. The molecule has 0 saturated carbocycles. The number of nitrogens with two attached hydrogens (primary N) is 1. The lowest BCUT2D eigenvalue weighted by Gasteiger charge is -2.23. The third-order valence-corrected chi connectivity index (χ3v) is 4.24. The summed E-state index contributed by atoms with van der Waals surface area (Å²) in [5, 5.41) is 0.748. The Morgan fingerprint density at radius 3 is 2.85 bits per heavy atom. The van der Waals surface area contributed by atoms with Gasteiger partial charge in [-0.05, 0) is 43.7 Å². The van der Waals surface area contributed by atoms with Gasteiger partial charge in [-0.3, -0.25) is 0 Å². The fourth-order valence-corrected chi connectivity index (χ4v) is 2.64. The van der Waals surface area contributed by atoms with Crippen LogP contribution in [-0.4, -0.2) is 25.9 Å². The van der Waals surface area contributed by atoms with Crippen molar-refractivity contribution in [2.45, 2.75) is 38.6 Å². The summed E-state index contributed by atoms with van der Waals surface area (Å²) in [7, 11) is 0. The normalized spacial score (nSPS) is 17.9. The molecule has 1 atom stereocenters. The number of hydrogen-bond acceptors (Lipinski definition) is 3. The maximum Gasteiger partial charge on any atom is 0.124 e. The van der Waals surface area contributed by atoms with Crippen molar-refractivity contribution >= 4 is 11.6 Å². The van der Waals surface area contributed by atoms with Gasteiger partial charge in [0.15, 0.2) is 0 Å². The summed E-state index contributed by atoms with van der Waals surface area (Å²) in [4.78, 5) is 0. The first-order valence-electron chi connectivity index (χ1n) is 7.44. The van der Waals surface area contributed by atoms with Gasteiger partial charge in [-0.15, -0.1) is 0 Å². The fraction of sp³-hybridized carbons (Fsp3) is 0.625. The van der Waals surface area contributed by atoms with Crippen LogP contribution in [0.1, 0.15) is 31.7 Å². The summed E-state index contributed by atoms with van der Waals surface area (Å²) >= 11 is 6.30. The van der Waals surface area contributed by atoms with Crippen LogP contribution < -0.4 is 10.5 Å². The Morgan fingerprint density at radius 1 is 1.40 bits per heavy atom. The molecular weight excluding hydrogens is 274 g/mol. The number of rotatable bonds is 6. The largest absolute Gasteiger partial charge is 0.493 e. The Kier molecular flexibility index (Phi) is 6.14. The van der Waals surface area contributed by atoms with Crippen LogP contribution in [0.4, 0.5) is 0 Å². The van der Waals surface area contributed by atoms with Gasteiger partial charge in [0.25, 0.3) is 0 Å². The molecule has 2 N–H and O–H groups in total. The molecule has 1 aliphatic rings. The van der Waals surface area contributed by atoms with E-state index in [-0.39, 0.29) is 6.04 Å². The van der Waals surface area contributed by atoms with E-state index in [2.05, 4.69) is 6.92 Å². The van der Waals surface area contributed by atoms with Crippen LogP contribution in [0.5, 0.6) is 5.75 Å². The van der Waals surface area contributed by atoms with Gasteiger partial charge in [0, 0.05) is 29.8 Å². The van der Waals surface area contributed by atoms with Crippen molar-refractivity contribution in [1.82, 2.24) is 0 Å². The maximum absolute atomic E-state index is 6.30. The third kappa shape index (κ3) is 4.37. The van der Waals surface area contributed by atoms with Crippen LogP contribution in [0.2, 0.25) is 5.02 Å². The Labute approximate surface area is 126 Å². The average Bonchev–Trinajstić information content (AvgIpc) is 2.48. The molecular formula is C16H24ClNO2. The lowest BCUT2D eigenvalue weighted by Crippen LogP contribution is -2.23. The van der Waals surface area contributed by atoms with E-state index in [4.69, 9.17) is 26.8 Å². The van der Waals surface area contributed by atoms with Crippen molar-refractivity contribution in [3.05, 3.63) is 28.8 Å². The van der Waals surface area contributed by atoms with Gasteiger partial charge >= 0.3 is 0 Å². The molecule has 2 rings (SSSR count). The summed E-state index contributed by atoms with van der Waals surface area (Å²) in [6, 6.07) is 5.95. The lowest BCUT2D eigenvalue weighted by atomic mass is 10.0. The Bertz CT molecular complexity index is 419. The van der Waals surface area contributed by atoms with Gasteiger partial charge in [0.1, 0.15) is 5.75 Å². The first kappa shape index (κ1) is 15.6. The van der Waals surface area contributed by atoms with Crippen LogP contribution in [-0.2, 0) is 11.2 Å². The van der Waals surface area contributed by atoms with Crippen LogP contribution in [0, 0.1) is 5.92 Å². The molecule has 4 heteroatoms. The van der Waals surface area contributed by atoms with E-state index >= 15 is 0 Å². The first-order chi connectivity index (χ1) is 9.70.